The standard InChI is InChI=1S/C12H17NO2/c1-13(2)12(15)8-4-6-10-5-3-7-11(14)9-10/h3,5,7,9,14H,4,6,8H2,1-2H3. The fraction of sp³-hybridized carbons (Fsp3) is 0.417. The summed E-state index contributed by atoms with van der Waals surface area (Å²) in [5, 5.41) is 9.23. The average Bonchev–Trinajstić information content (AvgIpc) is 2.17. The van der Waals surface area contributed by atoms with E-state index in [1.165, 1.54) is 0 Å². The predicted octanol–water partition coefficient (Wildman–Crippen LogP) is 1.80. The summed E-state index contributed by atoms with van der Waals surface area (Å²) in [4.78, 5) is 12.9. The highest BCUT2D eigenvalue weighted by atomic mass is 16.3. The molecule has 3 heteroatoms. The predicted molar refractivity (Wildman–Crippen MR) is 59.7 cm³/mol. The van der Waals surface area contributed by atoms with Crippen LogP contribution in [0.1, 0.15) is 18.4 Å². The van der Waals surface area contributed by atoms with Gasteiger partial charge in [-0.05, 0) is 30.5 Å². The zero-order valence-corrected chi connectivity index (χ0v) is 9.23. The van der Waals surface area contributed by atoms with Crippen molar-refractivity contribution in [1.82, 2.24) is 4.90 Å². The van der Waals surface area contributed by atoms with Crippen LogP contribution in [0, 0.1) is 0 Å². The molecule has 0 aliphatic heterocycles. The molecule has 0 radical (unpaired) electrons. The lowest BCUT2D eigenvalue weighted by atomic mass is 10.1. The number of phenols is 1. The summed E-state index contributed by atoms with van der Waals surface area (Å²) in [5.74, 6) is 0.432. The number of amides is 1. The van der Waals surface area contributed by atoms with Crippen molar-refractivity contribution >= 4 is 5.91 Å². The normalized spacial score (nSPS) is 10.0. The van der Waals surface area contributed by atoms with Crippen molar-refractivity contribution in [1.29, 1.82) is 0 Å². The molecule has 0 heterocycles. The van der Waals surface area contributed by atoms with Gasteiger partial charge in [0.05, 0.1) is 0 Å². The fourth-order valence-electron chi connectivity index (χ4n) is 1.38. The number of carbonyl (C=O) groups excluding carboxylic acids is 1. The van der Waals surface area contributed by atoms with Crippen molar-refractivity contribution in [3.8, 4) is 5.75 Å². The maximum absolute atomic E-state index is 11.3. The van der Waals surface area contributed by atoms with Gasteiger partial charge in [0.1, 0.15) is 5.75 Å². The molecule has 82 valence electrons. The topological polar surface area (TPSA) is 40.5 Å². The van der Waals surface area contributed by atoms with Gasteiger partial charge in [0.2, 0.25) is 5.91 Å². The van der Waals surface area contributed by atoms with E-state index in [-0.39, 0.29) is 11.7 Å². The number of nitrogens with zero attached hydrogens (tertiary/aromatic N) is 1. The molecule has 0 aromatic heterocycles. The van der Waals surface area contributed by atoms with E-state index in [4.69, 9.17) is 0 Å². The van der Waals surface area contributed by atoms with Gasteiger partial charge in [0.15, 0.2) is 0 Å². The van der Waals surface area contributed by atoms with Crippen molar-refractivity contribution in [3.63, 3.8) is 0 Å². The second-order valence-electron chi connectivity index (χ2n) is 3.81. The van der Waals surface area contributed by atoms with Crippen LogP contribution in [0.25, 0.3) is 0 Å². The Bertz CT molecular complexity index is 334. The van der Waals surface area contributed by atoms with E-state index in [2.05, 4.69) is 0 Å². The van der Waals surface area contributed by atoms with Crippen LogP contribution in [0.4, 0.5) is 0 Å². The third-order valence-electron chi connectivity index (χ3n) is 2.27. The van der Waals surface area contributed by atoms with E-state index in [1.807, 2.05) is 12.1 Å². The molecule has 1 N–H and O–H groups in total. The van der Waals surface area contributed by atoms with Crippen LogP contribution in [0.3, 0.4) is 0 Å². The van der Waals surface area contributed by atoms with Crippen LogP contribution in [-0.4, -0.2) is 30.0 Å². The number of hydrogen-bond acceptors (Lipinski definition) is 2. The van der Waals surface area contributed by atoms with E-state index < -0.39 is 0 Å². The summed E-state index contributed by atoms with van der Waals surface area (Å²) in [6.07, 6.45) is 2.21. The van der Waals surface area contributed by atoms with Crippen LogP contribution < -0.4 is 0 Å². The summed E-state index contributed by atoms with van der Waals surface area (Å²) in [7, 11) is 3.52. The van der Waals surface area contributed by atoms with Crippen molar-refractivity contribution in [2.75, 3.05) is 14.1 Å². The first-order valence-electron chi connectivity index (χ1n) is 5.07. The molecule has 0 saturated heterocycles. The summed E-state index contributed by atoms with van der Waals surface area (Å²) >= 11 is 0. The molecule has 0 aliphatic carbocycles. The van der Waals surface area contributed by atoms with Gasteiger partial charge in [-0.1, -0.05) is 12.1 Å². The van der Waals surface area contributed by atoms with Gasteiger partial charge < -0.3 is 10.0 Å². The number of phenolic OH excluding ortho intramolecular Hbond substituents is 1. The van der Waals surface area contributed by atoms with E-state index in [1.54, 1.807) is 31.1 Å². The monoisotopic (exact) mass is 207 g/mol. The molecule has 0 atom stereocenters. The Morgan fingerprint density at radius 2 is 2.13 bits per heavy atom. The Balaban J connectivity index is 2.35. The van der Waals surface area contributed by atoms with Gasteiger partial charge in [-0.25, -0.2) is 0 Å². The summed E-state index contributed by atoms with van der Waals surface area (Å²) in [5.41, 5.74) is 1.07. The van der Waals surface area contributed by atoms with Gasteiger partial charge in [0.25, 0.3) is 0 Å². The summed E-state index contributed by atoms with van der Waals surface area (Å²) in [6.45, 7) is 0. The van der Waals surface area contributed by atoms with Gasteiger partial charge in [-0.3, -0.25) is 4.79 Å². The minimum Gasteiger partial charge on any atom is -0.508 e. The Morgan fingerprint density at radius 1 is 1.40 bits per heavy atom. The third-order valence-corrected chi connectivity index (χ3v) is 2.27. The minimum absolute atomic E-state index is 0.148. The number of carbonyl (C=O) groups is 1. The lowest BCUT2D eigenvalue weighted by molar-refractivity contribution is -0.128. The fourth-order valence-corrected chi connectivity index (χ4v) is 1.38. The molecule has 0 fully saturated rings. The number of aromatic hydroxyl groups is 1. The van der Waals surface area contributed by atoms with E-state index in [9.17, 15) is 9.90 Å². The number of rotatable bonds is 4. The Kier molecular flexibility index (Phi) is 4.16. The largest absolute Gasteiger partial charge is 0.508 e. The molecule has 1 amide bonds. The first-order chi connectivity index (χ1) is 7.09. The second-order valence-corrected chi connectivity index (χ2v) is 3.81. The average molecular weight is 207 g/mol. The maximum Gasteiger partial charge on any atom is 0.222 e. The lowest BCUT2D eigenvalue weighted by Gasteiger charge is -2.09. The highest BCUT2D eigenvalue weighted by Crippen LogP contribution is 2.13. The van der Waals surface area contributed by atoms with Crippen LogP contribution in [0.15, 0.2) is 24.3 Å². The molecule has 0 saturated carbocycles. The van der Waals surface area contributed by atoms with Crippen molar-refractivity contribution in [3.05, 3.63) is 29.8 Å². The number of hydrogen-bond donors (Lipinski definition) is 1. The summed E-state index contributed by atoms with van der Waals surface area (Å²) < 4.78 is 0. The molecule has 1 aromatic rings. The second kappa shape index (κ2) is 5.39. The zero-order valence-electron chi connectivity index (χ0n) is 9.23. The minimum atomic E-state index is 0.148. The van der Waals surface area contributed by atoms with Crippen molar-refractivity contribution in [2.45, 2.75) is 19.3 Å². The van der Waals surface area contributed by atoms with Crippen LogP contribution in [-0.2, 0) is 11.2 Å². The Morgan fingerprint density at radius 3 is 2.73 bits per heavy atom. The molecular formula is C12H17NO2. The molecule has 1 rings (SSSR count). The van der Waals surface area contributed by atoms with Gasteiger partial charge in [-0.15, -0.1) is 0 Å². The maximum atomic E-state index is 11.3. The molecule has 3 nitrogen and oxygen atoms in total. The highest BCUT2D eigenvalue weighted by Gasteiger charge is 2.03. The lowest BCUT2D eigenvalue weighted by Crippen LogP contribution is -2.21. The molecule has 0 unspecified atom stereocenters. The molecule has 0 aliphatic rings. The molecular weight excluding hydrogens is 190 g/mol. The highest BCUT2D eigenvalue weighted by molar-refractivity contribution is 5.75. The zero-order chi connectivity index (χ0) is 11.3. The molecule has 15 heavy (non-hydrogen) atoms. The van der Waals surface area contributed by atoms with E-state index in [0.717, 1.165) is 18.4 Å². The van der Waals surface area contributed by atoms with Crippen LogP contribution in [0.2, 0.25) is 0 Å². The van der Waals surface area contributed by atoms with Crippen LogP contribution in [0.5, 0.6) is 5.75 Å². The molecule has 1 aromatic carbocycles. The van der Waals surface area contributed by atoms with Gasteiger partial charge >= 0.3 is 0 Å². The number of benzene rings is 1. The van der Waals surface area contributed by atoms with E-state index in [0.29, 0.717) is 6.42 Å². The SMILES string of the molecule is CN(C)C(=O)CCCc1cccc(O)c1. The number of aryl methyl sites for hydroxylation is 1. The first-order valence-corrected chi connectivity index (χ1v) is 5.07. The quantitative estimate of drug-likeness (QED) is 0.818. The Hall–Kier alpha value is -1.51. The van der Waals surface area contributed by atoms with Crippen molar-refractivity contribution in [2.24, 2.45) is 0 Å². The van der Waals surface area contributed by atoms with E-state index >= 15 is 0 Å². The van der Waals surface area contributed by atoms with Gasteiger partial charge in [0, 0.05) is 20.5 Å². The smallest absolute Gasteiger partial charge is 0.222 e. The first kappa shape index (κ1) is 11.6. The molecule has 0 bridgehead atoms. The molecule has 0 spiro atoms. The van der Waals surface area contributed by atoms with Crippen LogP contribution >= 0.6 is 0 Å². The Labute approximate surface area is 90.3 Å². The van der Waals surface area contributed by atoms with Crippen molar-refractivity contribution < 1.29 is 9.90 Å². The van der Waals surface area contributed by atoms with Gasteiger partial charge in [-0.2, -0.15) is 0 Å². The summed E-state index contributed by atoms with van der Waals surface area (Å²) in [6, 6.07) is 7.16. The third kappa shape index (κ3) is 4.02.